The summed E-state index contributed by atoms with van der Waals surface area (Å²) in [6.07, 6.45) is 0.615. The molecule has 3 nitrogen and oxygen atoms in total. The van der Waals surface area contributed by atoms with Crippen LogP contribution in [0, 0.1) is 0 Å². The van der Waals surface area contributed by atoms with E-state index in [9.17, 15) is 0 Å². The van der Waals surface area contributed by atoms with Gasteiger partial charge >= 0.3 is 0 Å². The maximum Gasteiger partial charge on any atom is 0.168 e. The van der Waals surface area contributed by atoms with Crippen molar-refractivity contribution < 1.29 is 11.0 Å². The number of benzene rings is 1. The van der Waals surface area contributed by atoms with Crippen molar-refractivity contribution in [3.8, 4) is 0 Å². The quantitative estimate of drug-likeness (QED) is 0.504. The van der Waals surface area contributed by atoms with Crippen LogP contribution in [0.15, 0.2) is 30.3 Å². The van der Waals surface area contributed by atoms with E-state index in [0.29, 0.717) is 6.44 Å². The van der Waals surface area contributed by atoms with Crippen LogP contribution >= 0.6 is 0 Å². The summed E-state index contributed by atoms with van der Waals surface area (Å²) in [7, 11) is 1.99. The molecule has 0 saturated carbocycles. The fourth-order valence-corrected chi connectivity index (χ4v) is 0.725. The number of hydrogen-bond acceptors (Lipinski definition) is 1. The standard InChI is InChI=1S/C7H9BN.2H2O/c9-6-8-7-4-2-1-3-5-7;;/h1-5H,6,9H2;2*1H2. The molecule has 0 aliphatic carbocycles. The molecule has 0 unspecified atom stereocenters. The Morgan fingerprint density at radius 3 is 2.09 bits per heavy atom. The maximum atomic E-state index is 5.30. The van der Waals surface area contributed by atoms with Gasteiger partial charge < -0.3 is 16.7 Å². The molecular weight excluding hydrogens is 141 g/mol. The SMILES string of the molecule is NC[B]c1ccccc1.O.O. The van der Waals surface area contributed by atoms with Crippen molar-refractivity contribution in [2.24, 2.45) is 5.73 Å². The van der Waals surface area contributed by atoms with Crippen LogP contribution in [0.5, 0.6) is 0 Å². The average Bonchev–Trinajstić information content (AvgIpc) is 1.91. The molecule has 0 fully saturated rings. The molecule has 0 saturated heterocycles. The van der Waals surface area contributed by atoms with Gasteiger partial charge in [0.2, 0.25) is 0 Å². The van der Waals surface area contributed by atoms with Gasteiger partial charge in [-0.15, -0.1) is 0 Å². The van der Waals surface area contributed by atoms with Crippen LogP contribution in [0.2, 0.25) is 0 Å². The van der Waals surface area contributed by atoms with Crippen LogP contribution in [0.3, 0.4) is 0 Å². The predicted octanol–water partition coefficient (Wildman–Crippen LogP) is -1.72. The van der Waals surface area contributed by atoms with E-state index in [1.54, 1.807) is 0 Å². The van der Waals surface area contributed by atoms with Gasteiger partial charge in [-0.2, -0.15) is 0 Å². The first kappa shape index (κ1) is 12.8. The zero-order valence-electron chi connectivity index (χ0n) is 6.25. The van der Waals surface area contributed by atoms with Gasteiger partial charge in [0, 0.05) is 0 Å². The largest absolute Gasteiger partial charge is 0.412 e. The lowest BCUT2D eigenvalue weighted by Gasteiger charge is -1.92. The second-order valence-electron chi connectivity index (χ2n) is 1.85. The lowest BCUT2D eigenvalue weighted by molar-refractivity contribution is 0.823. The highest BCUT2D eigenvalue weighted by atomic mass is 16.0. The smallest absolute Gasteiger partial charge is 0.168 e. The third kappa shape index (κ3) is 4.55. The second-order valence-corrected chi connectivity index (χ2v) is 1.85. The Morgan fingerprint density at radius 1 is 1.09 bits per heavy atom. The van der Waals surface area contributed by atoms with E-state index in [0.717, 1.165) is 0 Å². The van der Waals surface area contributed by atoms with Crippen LogP contribution in [-0.4, -0.2) is 24.7 Å². The Kier molecular flexibility index (Phi) is 8.47. The van der Waals surface area contributed by atoms with Crippen molar-refractivity contribution in [1.82, 2.24) is 0 Å². The first-order chi connectivity index (χ1) is 4.43. The minimum absolute atomic E-state index is 0. The summed E-state index contributed by atoms with van der Waals surface area (Å²) >= 11 is 0. The Labute approximate surface area is 67.1 Å². The Balaban J connectivity index is 0. The zero-order chi connectivity index (χ0) is 6.53. The summed E-state index contributed by atoms with van der Waals surface area (Å²) in [5, 5.41) is 0. The van der Waals surface area contributed by atoms with Gasteiger partial charge in [-0.3, -0.25) is 0 Å². The molecule has 1 radical (unpaired) electrons. The lowest BCUT2D eigenvalue weighted by Crippen LogP contribution is -2.22. The second kappa shape index (κ2) is 7.27. The Morgan fingerprint density at radius 2 is 1.64 bits per heavy atom. The van der Waals surface area contributed by atoms with E-state index in [1.807, 2.05) is 37.6 Å². The van der Waals surface area contributed by atoms with Crippen LogP contribution < -0.4 is 11.2 Å². The fraction of sp³-hybridized carbons (Fsp3) is 0.143. The monoisotopic (exact) mass is 154 g/mol. The van der Waals surface area contributed by atoms with E-state index in [1.165, 1.54) is 5.46 Å². The normalized spacial score (nSPS) is 7.36. The molecule has 1 aromatic carbocycles. The highest BCUT2D eigenvalue weighted by Gasteiger charge is 1.87. The van der Waals surface area contributed by atoms with Crippen LogP contribution in [0.25, 0.3) is 0 Å². The molecule has 0 bridgehead atoms. The van der Waals surface area contributed by atoms with Crippen molar-refractivity contribution in [1.29, 1.82) is 0 Å². The van der Waals surface area contributed by atoms with Gasteiger partial charge in [0.25, 0.3) is 0 Å². The summed E-state index contributed by atoms with van der Waals surface area (Å²) < 4.78 is 0. The molecule has 0 spiro atoms. The summed E-state index contributed by atoms with van der Waals surface area (Å²) in [5.74, 6) is 0. The van der Waals surface area contributed by atoms with Crippen molar-refractivity contribution in [2.45, 2.75) is 0 Å². The van der Waals surface area contributed by atoms with E-state index >= 15 is 0 Å². The predicted molar refractivity (Wildman–Crippen MR) is 48.1 cm³/mol. The molecule has 1 rings (SSSR count). The lowest BCUT2D eigenvalue weighted by atomic mass is 9.71. The van der Waals surface area contributed by atoms with Gasteiger partial charge in [0.15, 0.2) is 7.28 Å². The first-order valence-corrected chi connectivity index (χ1v) is 3.02. The highest BCUT2D eigenvalue weighted by Crippen LogP contribution is 1.79. The van der Waals surface area contributed by atoms with E-state index < -0.39 is 0 Å². The summed E-state index contributed by atoms with van der Waals surface area (Å²) in [6, 6.07) is 10.1. The first-order valence-electron chi connectivity index (χ1n) is 3.02. The van der Waals surface area contributed by atoms with Gasteiger partial charge in [0.05, 0.1) is 0 Å². The molecule has 0 aliphatic rings. The molecule has 1 aromatic rings. The van der Waals surface area contributed by atoms with Gasteiger partial charge in [-0.1, -0.05) is 35.8 Å². The minimum atomic E-state index is 0. The van der Waals surface area contributed by atoms with Crippen LogP contribution in [-0.2, 0) is 0 Å². The molecule has 0 atom stereocenters. The highest BCUT2D eigenvalue weighted by molar-refractivity contribution is 6.53. The van der Waals surface area contributed by atoms with Crippen molar-refractivity contribution >= 4 is 12.7 Å². The number of nitrogens with two attached hydrogens (primary N) is 1. The molecule has 0 amide bonds. The van der Waals surface area contributed by atoms with Crippen LogP contribution in [0.1, 0.15) is 0 Å². The molecule has 4 heteroatoms. The van der Waals surface area contributed by atoms with Crippen molar-refractivity contribution in [3.05, 3.63) is 30.3 Å². The third-order valence-corrected chi connectivity index (χ3v) is 1.15. The summed E-state index contributed by atoms with van der Waals surface area (Å²) in [4.78, 5) is 0. The molecule has 0 heterocycles. The van der Waals surface area contributed by atoms with Gasteiger partial charge in [0.1, 0.15) is 0 Å². The number of hydrogen-bond donors (Lipinski definition) is 1. The van der Waals surface area contributed by atoms with Gasteiger partial charge in [-0.25, -0.2) is 0 Å². The van der Waals surface area contributed by atoms with Crippen LogP contribution in [0.4, 0.5) is 0 Å². The Hall–Kier alpha value is -0.835. The van der Waals surface area contributed by atoms with Crippen molar-refractivity contribution in [3.63, 3.8) is 0 Å². The van der Waals surface area contributed by atoms with E-state index in [2.05, 4.69) is 0 Å². The average molecular weight is 154 g/mol. The zero-order valence-corrected chi connectivity index (χ0v) is 6.25. The molecule has 0 aliphatic heterocycles. The molecule has 0 aromatic heterocycles. The molecule has 6 N–H and O–H groups in total. The Bertz CT molecular complexity index is 169. The number of rotatable bonds is 2. The summed E-state index contributed by atoms with van der Waals surface area (Å²) in [6.45, 7) is 0. The fourth-order valence-electron chi connectivity index (χ4n) is 0.725. The third-order valence-electron chi connectivity index (χ3n) is 1.15. The van der Waals surface area contributed by atoms with Gasteiger partial charge in [-0.05, 0) is 6.44 Å². The molecule has 11 heavy (non-hydrogen) atoms. The van der Waals surface area contributed by atoms with Crippen molar-refractivity contribution in [2.75, 3.05) is 6.44 Å². The minimum Gasteiger partial charge on any atom is -0.412 e. The molecule has 61 valence electrons. The summed E-state index contributed by atoms with van der Waals surface area (Å²) in [5.41, 5.74) is 6.50. The maximum absolute atomic E-state index is 5.30. The molecular formula is C7H13BNO2. The van der Waals surface area contributed by atoms with E-state index in [-0.39, 0.29) is 11.0 Å². The topological polar surface area (TPSA) is 89.0 Å². The van der Waals surface area contributed by atoms with E-state index in [4.69, 9.17) is 5.73 Å².